The summed E-state index contributed by atoms with van der Waals surface area (Å²) in [5.74, 6) is 1.52. The molecule has 2 aromatic carbocycles. The van der Waals surface area contributed by atoms with Crippen molar-refractivity contribution >= 4 is 11.8 Å². The summed E-state index contributed by atoms with van der Waals surface area (Å²) in [6, 6.07) is 16.5. The Morgan fingerprint density at radius 2 is 1.87 bits per heavy atom. The standard InChI is InChI=1S/C22H22FN5O2S/c1-3-29-15(2)20-24-19(30-27-20)14-31-22-26-25-21(17-11-7-8-12-18(17)23)28(22)13-16-9-5-4-6-10-16/h4-12,15H,3,13-14H2,1-2H3. The van der Waals surface area contributed by atoms with Crippen LogP contribution in [0, 0.1) is 5.82 Å². The molecule has 2 aromatic heterocycles. The lowest BCUT2D eigenvalue weighted by Gasteiger charge is -2.10. The molecule has 4 aromatic rings. The maximum Gasteiger partial charge on any atom is 0.237 e. The number of benzene rings is 2. The predicted octanol–water partition coefficient (Wildman–Crippen LogP) is 4.91. The first kappa shape index (κ1) is 21.2. The molecular formula is C22H22FN5O2S. The van der Waals surface area contributed by atoms with Crippen molar-refractivity contribution in [2.75, 3.05) is 6.61 Å². The molecule has 0 saturated carbocycles. The fraction of sp³-hybridized carbons (Fsp3) is 0.273. The second kappa shape index (κ2) is 9.84. The number of aromatic nitrogens is 5. The van der Waals surface area contributed by atoms with Gasteiger partial charge in [0.15, 0.2) is 16.8 Å². The summed E-state index contributed by atoms with van der Waals surface area (Å²) in [6.45, 7) is 4.88. The first-order valence-electron chi connectivity index (χ1n) is 9.94. The Labute approximate surface area is 183 Å². The molecule has 0 fully saturated rings. The van der Waals surface area contributed by atoms with Crippen molar-refractivity contribution in [2.45, 2.75) is 37.4 Å². The Hall–Kier alpha value is -3.04. The molecule has 0 spiro atoms. The SMILES string of the molecule is CCOC(C)c1noc(CSc2nnc(-c3ccccc3F)n2Cc2ccccc2)n1. The molecule has 2 heterocycles. The number of nitrogens with zero attached hydrogens (tertiary/aromatic N) is 5. The van der Waals surface area contributed by atoms with Crippen LogP contribution in [0.25, 0.3) is 11.4 Å². The first-order valence-corrected chi connectivity index (χ1v) is 10.9. The molecule has 0 aliphatic heterocycles. The summed E-state index contributed by atoms with van der Waals surface area (Å²) in [5, 5.41) is 13.2. The molecule has 31 heavy (non-hydrogen) atoms. The van der Waals surface area contributed by atoms with E-state index in [1.807, 2.05) is 48.7 Å². The molecule has 0 radical (unpaired) electrons. The monoisotopic (exact) mass is 439 g/mol. The van der Waals surface area contributed by atoms with Crippen molar-refractivity contribution in [1.29, 1.82) is 0 Å². The Balaban J connectivity index is 1.59. The van der Waals surface area contributed by atoms with Gasteiger partial charge < -0.3 is 9.26 Å². The second-order valence-electron chi connectivity index (χ2n) is 6.79. The van der Waals surface area contributed by atoms with Crippen molar-refractivity contribution in [2.24, 2.45) is 0 Å². The largest absolute Gasteiger partial charge is 0.371 e. The van der Waals surface area contributed by atoms with Gasteiger partial charge in [-0.25, -0.2) is 4.39 Å². The molecule has 0 aliphatic rings. The quantitative estimate of drug-likeness (QED) is 0.343. The molecular weight excluding hydrogens is 417 g/mol. The number of thioether (sulfide) groups is 1. The lowest BCUT2D eigenvalue weighted by Crippen LogP contribution is -2.05. The van der Waals surface area contributed by atoms with E-state index in [0.29, 0.717) is 47.2 Å². The average molecular weight is 440 g/mol. The third kappa shape index (κ3) is 5.00. The lowest BCUT2D eigenvalue weighted by atomic mass is 10.2. The zero-order valence-electron chi connectivity index (χ0n) is 17.2. The van der Waals surface area contributed by atoms with Crippen molar-refractivity contribution in [3.8, 4) is 11.4 Å². The van der Waals surface area contributed by atoms with Gasteiger partial charge in [-0.3, -0.25) is 4.57 Å². The summed E-state index contributed by atoms with van der Waals surface area (Å²) in [7, 11) is 0. The molecule has 0 aliphatic carbocycles. The highest BCUT2D eigenvalue weighted by Crippen LogP contribution is 2.28. The second-order valence-corrected chi connectivity index (χ2v) is 7.73. The Morgan fingerprint density at radius 1 is 1.10 bits per heavy atom. The zero-order chi connectivity index (χ0) is 21.6. The van der Waals surface area contributed by atoms with E-state index in [-0.39, 0.29) is 11.9 Å². The normalized spacial score (nSPS) is 12.2. The van der Waals surface area contributed by atoms with Gasteiger partial charge in [0, 0.05) is 6.61 Å². The van der Waals surface area contributed by atoms with Crippen LogP contribution in [0.2, 0.25) is 0 Å². The van der Waals surface area contributed by atoms with Gasteiger partial charge in [-0.2, -0.15) is 4.98 Å². The van der Waals surface area contributed by atoms with Gasteiger partial charge in [0.2, 0.25) is 5.89 Å². The third-order valence-corrected chi connectivity index (χ3v) is 5.56. The highest BCUT2D eigenvalue weighted by molar-refractivity contribution is 7.98. The van der Waals surface area contributed by atoms with Gasteiger partial charge in [0.1, 0.15) is 11.9 Å². The van der Waals surface area contributed by atoms with Gasteiger partial charge >= 0.3 is 0 Å². The highest BCUT2D eigenvalue weighted by Gasteiger charge is 2.19. The Kier molecular flexibility index (Phi) is 6.73. The van der Waals surface area contributed by atoms with Crippen LogP contribution < -0.4 is 0 Å². The van der Waals surface area contributed by atoms with E-state index in [1.165, 1.54) is 17.8 Å². The number of hydrogen-bond acceptors (Lipinski definition) is 7. The van der Waals surface area contributed by atoms with Crippen LogP contribution in [0.3, 0.4) is 0 Å². The average Bonchev–Trinajstić information content (AvgIpc) is 3.41. The summed E-state index contributed by atoms with van der Waals surface area (Å²) in [4.78, 5) is 4.40. The fourth-order valence-electron chi connectivity index (χ4n) is 3.09. The molecule has 9 heteroatoms. The molecule has 1 atom stereocenters. The van der Waals surface area contributed by atoms with E-state index >= 15 is 0 Å². The molecule has 7 nitrogen and oxygen atoms in total. The highest BCUT2D eigenvalue weighted by atomic mass is 32.2. The number of hydrogen-bond donors (Lipinski definition) is 0. The summed E-state index contributed by atoms with van der Waals surface area (Å²) in [6.07, 6.45) is -0.234. The minimum Gasteiger partial charge on any atom is -0.371 e. The number of rotatable bonds is 9. The van der Waals surface area contributed by atoms with E-state index in [1.54, 1.807) is 18.2 Å². The van der Waals surface area contributed by atoms with Crippen molar-refractivity contribution in [3.63, 3.8) is 0 Å². The molecule has 0 bridgehead atoms. The Bertz CT molecular complexity index is 1130. The topological polar surface area (TPSA) is 78.9 Å². The van der Waals surface area contributed by atoms with E-state index in [0.717, 1.165) is 5.56 Å². The molecule has 160 valence electrons. The fourth-order valence-corrected chi connectivity index (χ4v) is 3.86. The van der Waals surface area contributed by atoms with Crippen LogP contribution in [0.4, 0.5) is 4.39 Å². The maximum absolute atomic E-state index is 14.5. The van der Waals surface area contributed by atoms with Crippen molar-refractivity contribution in [3.05, 3.63) is 77.7 Å². The van der Waals surface area contributed by atoms with Gasteiger partial charge in [0.25, 0.3) is 0 Å². The van der Waals surface area contributed by atoms with Gasteiger partial charge in [-0.05, 0) is 31.5 Å². The van der Waals surface area contributed by atoms with Gasteiger partial charge in [-0.15, -0.1) is 10.2 Å². The predicted molar refractivity (Wildman–Crippen MR) is 115 cm³/mol. The van der Waals surface area contributed by atoms with Crippen molar-refractivity contribution in [1.82, 2.24) is 24.9 Å². The lowest BCUT2D eigenvalue weighted by molar-refractivity contribution is 0.0683. The molecule has 1 unspecified atom stereocenters. The number of halogens is 1. The van der Waals surface area contributed by atoms with E-state index in [2.05, 4.69) is 20.3 Å². The minimum absolute atomic E-state index is 0.234. The first-order chi connectivity index (χ1) is 15.2. The number of ether oxygens (including phenoxy) is 1. The van der Waals surface area contributed by atoms with Crippen LogP contribution in [-0.2, 0) is 17.0 Å². The van der Waals surface area contributed by atoms with Crippen LogP contribution in [0.5, 0.6) is 0 Å². The minimum atomic E-state index is -0.341. The van der Waals surface area contributed by atoms with Crippen LogP contribution in [0.1, 0.15) is 37.2 Å². The zero-order valence-corrected chi connectivity index (χ0v) is 18.1. The third-order valence-electron chi connectivity index (χ3n) is 4.60. The summed E-state index contributed by atoms with van der Waals surface area (Å²) in [5.41, 5.74) is 1.47. The van der Waals surface area contributed by atoms with Gasteiger partial charge in [0.05, 0.1) is 17.9 Å². The summed E-state index contributed by atoms with van der Waals surface area (Å²) < 4.78 is 27.2. The van der Waals surface area contributed by atoms with Gasteiger partial charge in [-0.1, -0.05) is 59.4 Å². The van der Waals surface area contributed by atoms with E-state index in [4.69, 9.17) is 9.26 Å². The smallest absolute Gasteiger partial charge is 0.237 e. The van der Waals surface area contributed by atoms with Crippen LogP contribution in [-0.4, -0.2) is 31.5 Å². The molecule has 0 amide bonds. The van der Waals surface area contributed by atoms with E-state index < -0.39 is 0 Å². The molecule has 0 N–H and O–H groups in total. The summed E-state index contributed by atoms with van der Waals surface area (Å²) >= 11 is 1.41. The van der Waals surface area contributed by atoms with Crippen molar-refractivity contribution < 1.29 is 13.7 Å². The Morgan fingerprint density at radius 3 is 2.65 bits per heavy atom. The van der Waals surface area contributed by atoms with Crippen LogP contribution >= 0.6 is 11.8 Å². The maximum atomic E-state index is 14.5. The molecule has 4 rings (SSSR count). The van der Waals surface area contributed by atoms with Crippen LogP contribution in [0.15, 0.2) is 64.3 Å². The van der Waals surface area contributed by atoms with E-state index in [9.17, 15) is 4.39 Å². The molecule has 0 saturated heterocycles.